The number of amides is 1. The molecule has 0 radical (unpaired) electrons. The summed E-state index contributed by atoms with van der Waals surface area (Å²) >= 11 is 0. The van der Waals surface area contributed by atoms with E-state index in [0.29, 0.717) is 11.3 Å². The number of hydrogen-bond acceptors (Lipinski definition) is 2. The molecule has 1 amide bonds. The Morgan fingerprint density at radius 3 is 2.32 bits per heavy atom. The largest absolute Gasteiger partial charge is 0.411 e. The summed E-state index contributed by atoms with van der Waals surface area (Å²) in [6.45, 7) is 3.45. The van der Waals surface area contributed by atoms with Crippen LogP contribution in [0.4, 0.5) is 18.9 Å². The highest BCUT2D eigenvalue weighted by Gasteiger charge is 2.64. The molecule has 2 rings (SSSR count). The zero-order valence-corrected chi connectivity index (χ0v) is 10.7. The van der Waals surface area contributed by atoms with Crippen molar-refractivity contribution in [1.82, 2.24) is 5.32 Å². The van der Waals surface area contributed by atoms with E-state index in [2.05, 4.69) is 5.32 Å². The SMILES string of the molecule is Cc1cc(C)c(C(=O)NC2(C(F)(F)F)CC2)cc1N. The molecule has 104 valence electrons. The molecule has 0 bridgehead atoms. The second-order valence-corrected chi connectivity index (χ2v) is 5.06. The third-order valence-corrected chi connectivity index (χ3v) is 3.50. The number of anilines is 1. The van der Waals surface area contributed by atoms with Gasteiger partial charge in [-0.05, 0) is 43.9 Å². The third-order valence-electron chi connectivity index (χ3n) is 3.50. The minimum absolute atomic E-state index is 0.0668. The third kappa shape index (κ3) is 2.39. The molecule has 1 fully saturated rings. The Morgan fingerprint density at radius 1 is 1.26 bits per heavy atom. The highest BCUT2D eigenvalue weighted by Crippen LogP contribution is 2.49. The zero-order chi connectivity index (χ0) is 14.4. The van der Waals surface area contributed by atoms with E-state index in [9.17, 15) is 18.0 Å². The van der Waals surface area contributed by atoms with Crippen LogP contribution in [0, 0.1) is 13.8 Å². The number of halogens is 3. The molecular weight excluding hydrogens is 257 g/mol. The number of hydrogen-bond donors (Lipinski definition) is 2. The number of aryl methyl sites for hydroxylation is 2. The molecule has 0 aromatic heterocycles. The summed E-state index contributed by atoms with van der Waals surface area (Å²) in [5.41, 5.74) is 5.64. The summed E-state index contributed by atoms with van der Waals surface area (Å²) in [5.74, 6) is -0.723. The molecule has 0 heterocycles. The fourth-order valence-electron chi connectivity index (χ4n) is 2.00. The van der Waals surface area contributed by atoms with Crippen LogP contribution in [0.2, 0.25) is 0 Å². The highest BCUT2D eigenvalue weighted by molar-refractivity contribution is 5.97. The van der Waals surface area contributed by atoms with E-state index in [1.165, 1.54) is 6.07 Å². The molecule has 1 aliphatic rings. The second-order valence-electron chi connectivity index (χ2n) is 5.06. The molecule has 0 atom stereocenters. The number of nitrogens with two attached hydrogens (primary N) is 1. The first-order valence-corrected chi connectivity index (χ1v) is 5.92. The normalized spacial score (nSPS) is 17.1. The minimum Gasteiger partial charge on any atom is -0.398 e. The monoisotopic (exact) mass is 272 g/mol. The Hall–Kier alpha value is -1.72. The maximum atomic E-state index is 12.8. The number of benzene rings is 1. The molecule has 6 heteroatoms. The van der Waals surface area contributed by atoms with Crippen LogP contribution in [0.5, 0.6) is 0 Å². The molecule has 3 nitrogen and oxygen atoms in total. The zero-order valence-electron chi connectivity index (χ0n) is 10.7. The lowest BCUT2D eigenvalue weighted by Gasteiger charge is -2.21. The fourth-order valence-corrected chi connectivity index (χ4v) is 2.00. The van der Waals surface area contributed by atoms with Gasteiger partial charge in [-0.3, -0.25) is 4.79 Å². The Balaban J connectivity index is 2.25. The van der Waals surface area contributed by atoms with Crippen LogP contribution in [0.25, 0.3) is 0 Å². The summed E-state index contributed by atoms with van der Waals surface area (Å²) in [6.07, 6.45) is -4.54. The Labute approximate surface area is 109 Å². The molecule has 0 unspecified atom stereocenters. The van der Waals surface area contributed by atoms with Gasteiger partial charge < -0.3 is 11.1 Å². The molecule has 0 aliphatic heterocycles. The summed E-state index contributed by atoms with van der Waals surface area (Å²) in [4.78, 5) is 12.0. The number of alkyl halides is 3. The van der Waals surface area contributed by atoms with Crippen molar-refractivity contribution in [1.29, 1.82) is 0 Å². The quantitative estimate of drug-likeness (QED) is 0.813. The average Bonchev–Trinajstić information content (AvgIpc) is 3.03. The number of nitrogen functional groups attached to an aromatic ring is 1. The van der Waals surface area contributed by atoms with E-state index >= 15 is 0 Å². The van der Waals surface area contributed by atoms with E-state index in [1.807, 2.05) is 0 Å². The van der Waals surface area contributed by atoms with E-state index < -0.39 is 17.6 Å². The predicted octanol–water partition coefficient (Wildman–Crippen LogP) is 2.71. The molecule has 1 aromatic carbocycles. The van der Waals surface area contributed by atoms with Gasteiger partial charge in [-0.25, -0.2) is 0 Å². The van der Waals surface area contributed by atoms with Crippen molar-refractivity contribution in [2.24, 2.45) is 0 Å². The standard InChI is InChI=1S/C13H15F3N2O/c1-7-5-8(2)10(17)6-9(7)11(19)18-12(3-4-12)13(14,15)16/h5-6H,3-4,17H2,1-2H3,(H,18,19). The van der Waals surface area contributed by atoms with Crippen molar-refractivity contribution in [3.63, 3.8) is 0 Å². The van der Waals surface area contributed by atoms with E-state index in [0.717, 1.165) is 5.56 Å². The Bertz CT molecular complexity index is 533. The molecule has 0 spiro atoms. The van der Waals surface area contributed by atoms with Gasteiger partial charge in [0.2, 0.25) is 0 Å². The van der Waals surface area contributed by atoms with Gasteiger partial charge in [0.25, 0.3) is 5.91 Å². The summed E-state index contributed by atoms with van der Waals surface area (Å²) in [7, 11) is 0. The number of carbonyl (C=O) groups is 1. The van der Waals surface area contributed by atoms with E-state index in [1.54, 1.807) is 19.9 Å². The van der Waals surface area contributed by atoms with Gasteiger partial charge in [-0.2, -0.15) is 13.2 Å². The minimum atomic E-state index is -4.41. The van der Waals surface area contributed by atoms with Crippen molar-refractivity contribution < 1.29 is 18.0 Å². The van der Waals surface area contributed by atoms with Crippen molar-refractivity contribution >= 4 is 11.6 Å². The highest BCUT2D eigenvalue weighted by atomic mass is 19.4. The number of nitrogens with one attached hydrogen (secondary N) is 1. The van der Waals surface area contributed by atoms with Gasteiger partial charge >= 0.3 is 6.18 Å². The molecule has 1 saturated carbocycles. The van der Waals surface area contributed by atoms with Crippen molar-refractivity contribution in [3.8, 4) is 0 Å². The van der Waals surface area contributed by atoms with Crippen LogP contribution in [-0.4, -0.2) is 17.6 Å². The van der Waals surface area contributed by atoms with Crippen molar-refractivity contribution in [2.75, 3.05) is 5.73 Å². The molecule has 1 aromatic rings. The molecule has 1 aliphatic carbocycles. The van der Waals surface area contributed by atoms with Crippen LogP contribution in [0.3, 0.4) is 0 Å². The van der Waals surface area contributed by atoms with Crippen LogP contribution >= 0.6 is 0 Å². The first kappa shape index (κ1) is 13.7. The van der Waals surface area contributed by atoms with Gasteiger partial charge in [-0.15, -0.1) is 0 Å². The molecule has 3 N–H and O–H groups in total. The molecule has 0 saturated heterocycles. The van der Waals surface area contributed by atoms with Gasteiger partial charge in [0.15, 0.2) is 0 Å². The maximum absolute atomic E-state index is 12.8. The van der Waals surface area contributed by atoms with E-state index in [4.69, 9.17) is 5.73 Å². The first-order valence-electron chi connectivity index (χ1n) is 5.92. The lowest BCUT2D eigenvalue weighted by Crippen LogP contribution is -2.48. The number of carbonyl (C=O) groups excluding carboxylic acids is 1. The number of rotatable bonds is 2. The predicted molar refractivity (Wildman–Crippen MR) is 65.8 cm³/mol. The molecular formula is C13H15F3N2O. The topological polar surface area (TPSA) is 55.1 Å². The molecule has 19 heavy (non-hydrogen) atoms. The lowest BCUT2D eigenvalue weighted by atomic mass is 10.0. The van der Waals surface area contributed by atoms with Crippen molar-refractivity contribution in [2.45, 2.75) is 38.4 Å². The summed E-state index contributed by atoms with van der Waals surface area (Å²) < 4.78 is 38.3. The van der Waals surface area contributed by atoms with Gasteiger partial charge in [0.05, 0.1) is 0 Å². The first-order chi connectivity index (χ1) is 8.66. The Morgan fingerprint density at radius 2 is 1.84 bits per heavy atom. The van der Waals surface area contributed by atoms with E-state index in [-0.39, 0.29) is 18.4 Å². The second kappa shape index (κ2) is 4.15. The average molecular weight is 272 g/mol. The van der Waals surface area contributed by atoms with Crippen LogP contribution in [0.1, 0.15) is 34.3 Å². The van der Waals surface area contributed by atoms with Gasteiger partial charge in [-0.1, -0.05) is 6.07 Å². The van der Waals surface area contributed by atoms with Crippen LogP contribution in [0.15, 0.2) is 12.1 Å². The van der Waals surface area contributed by atoms with Gasteiger partial charge in [0.1, 0.15) is 5.54 Å². The van der Waals surface area contributed by atoms with Crippen molar-refractivity contribution in [3.05, 3.63) is 28.8 Å². The Kier molecular flexibility index (Phi) is 2.99. The fraction of sp³-hybridized carbons (Fsp3) is 0.462. The maximum Gasteiger partial charge on any atom is 0.411 e. The van der Waals surface area contributed by atoms with Crippen LogP contribution < -0.4 is 11.1 Å². The smallest absolute Gasteiger partial charge is 0.398 e. The lowest BCUT2D eigenvalue weighted by molar-refractivity contribution is -0.163. The summed E-state index contributed by atoms with van der Waals surface area (Å²) in [6, 6.07) is 3.11. The summed E-state index contributed by atoms with van der Waals surface area (Å²) in [5, 5.41) is 2.09. The van der Waals surface area contributed by atoms with Crippen LogP contribution in [-0.2, 0) is 0 Å². The van der Waals surface area contributed by atoms with Gasteiger partial charge in [0, 0.05) is 11.3 Å².